The summed E-state index contributed by atoms with van der Waals surface area (Å²) in [7, 11) is 4.98. The molecular formula is C68H115FN6O2S. The fourth-order valence-corrected chi connectivity index (χ4v) is 8.50. The molecule has 3 unspecified atom stereocenters. The van der Waals surface area contributed by atoms with Crippen LogP contribution in [0.15, 0.2) is 97.9 Å². The molecule has 10 heteroatoms. The fourth-order valence-electron chi connectivity index (χ4n) is 8.31. The molecular weight excluding hydrogens is 984 g/mol. The number of aryl methyl sites for hydroxylation is 1. The number of nitrogens with zero attached hydrogens (tertiary/aromatic N) is 3. The number of likely N-dealkylation sites (tertiary alicyclic amines) is 1. The van der Waals surface area contributed by atoms with Crippen LogP contribution >= 0.6 is 12.6 Å². The number of hydrogen-bond acceptors (Lipinski definition) is 7. The quantitative estimate of drug-likeness (QED) is 0.0199. The average molecular weight is 1100 g/mol. The number of rotatable bonds is 22. The first-order valence-electron chi connectivity index (χ1n) is 29.0. The number of hydrogen-bond donors (Lipinski definition) is 4. The van der Waals surface area contributed by atoms with Crippen LogP contribution in [0.1, 0.15) is 196 Å². The van der Waals surface area contributed by atoms with Crippen LogP contribution in [-0.2, 0) is 16.0 Å². The van der Waals surface area contributed by atoms with E-state index in [1.165, 1.54) is 94.7 Å². The topological polar surface area (TPSA) is 118 Å². The zero-order chi connectivity index (χ0) is 61.0. The van der Waals surface area contributed by atoms with Crippen molar-refractivity contribution in [3.63, 3.8) is 0 Å². The first-order valence-corrected chi connectivity index (χ1v) is 29.5. The summed E-state index contributed by atoms with van der Waals surface area (Å²) in [4.78, 5) is 29.3. The van der Waals surface area contributed by atoms with Crippen LogP contribution in [0.2, 0.25) is 0 Å². The van der Waals surface area contributed by atoms with Crippen molar-refractivity contribution in [3.05, 3.63) is 126 Å². The van der Waals surface area contributed by atoms with Crippen LogP contribution < -0.4 is 16.8 Å². The summed E-state index contributed by atoms with van der Waals surface area (Å²) in [5, 5.41) is 3.46. The van der Waals surface area contributed by atoms with Gasteiger partial charge in [-0.15, -0.1) is 18.9 Å². The van der Waals surface area contributed by atoms with Gasteiger partial charge in [0.2, 0.25) is 12.3 Å². The second-order valence-corrected chi connectivity index (χ2v) is 21.4. The smallest absolute Gasteiger partial charge is 0.240 e. The number of amides is 2. The van der Waals surface area contributed by atoms with Gasteiger partial charge in [-0.3, -0.25) is 14.6 Å². The van der Waals surface area contributed by atoms with Crippen LogP contribution in [0.25, 0.3) is 22.3 Å². The Balaban J connectivity index is -0.000000554. The van der Waals surface area contributed by atoms with E-state index in [9.17, 15) is 14.0 Å². The number of carbonyl (C=O) groups is 2. The largest absolute Gasteiger partial charge is 0.372 e. The summed E-state index contributed by atoms with van der Waals surface area (Å²) in [6.07, 6.45) is 23.4. The van der Waals surface area contributed by atoms with Gasteiger partial charge in [0.1, 0.15) is 12.7 Å². The molecule has 2 heterocycles. The van der Waals surface area contributed by atoms with Gasteiger partial charge in [0.25, 0.3) is 0 Å². The molecule has 1 fully saturated rings. The highest BCUT2D eigenvalue weighted by molar-refractivity contribution is 7.80. The number of primary amides is 1. The number of thiol groups is 1. The molecule has 0 aliphatic carbocycles. The molecule has 1 aliphatic rings. The zero-order valence-corrected chi connectivity index (χ0v) is 54.1. The van der Waals surface area contributed by atoms with Gasteiger partial charge in [-0.2, -0.15) is 12.6 Å². The standard InChI is InChI=1S/C37H45N.C10H16FN.C7H14N2O2.C6H15NS.C3H8.2C2H6.CH5N/c1-10-12-20-37(8,9)25-35(29(7)33-17-14-21-38-36(33)26(3)4)34-24-32(19-18-28(34)6)31-16-13-15-30(23-31)22-27(5)11-2;1-9-5-7-12(8-9)10(2)4-3-6-11;1-5(2)6(7(8)11)9(3)4-10;1-3-4-5-6(8)7-2;1-3-2;3*1-2/h1,11,13-19,21,23-24,26-27H,2,12,20,22,25H2,3-9H3;3-4,9H,2,5-8H2,1H3;4-6H,1-3H3,(H2,8,11);6-8H,3-5H2,1-2H3;3H2,1-2H3;2*1-2H3;2H2,1H3/b35-29+;4-3+;;;;;;/t;9-;;;;;;/m.0....../s1. The van der Waals surface area contributed by atoms with Crippen LogP contribution in [0.3, 0.4) is 0 Å². The molecule has 1 aromatic heterocycles. The maximum Gasteiger partial charge on any atom is 0.240 e. The van der Waals surface area contributed by atoms with Crippen LogP contribution in [-0.4, -0.2) is 79.4 Å². The first-order chi connectivity index (χ1) is 37.0. The van der Waals surface area contributed by atoms with Gasteiger partial charge < -0.3 is 26.6 Å². The number of terminal acetylenes is 1. The molecule has 2 aromatic carbocycles. The number of nitrogens with one attached hydrogen (secondary N) is 1. The van der Waals surface area contributed by atoms with Crippen molar-refractivity contribution in [2.45, 2.75) is 193 Å². The second-order valence-electron chi connectivity index (χ2n) is 20.8. The number of likely N-dealkylation sites (N-methyl/N-ethyl adjacent to an activating group) is 1. The van der Waals surface area contributed by atoms with Gasteiger partial charge in [-0.1, -0.05) is 184 Å². The minimum atomic E-state index is -0.493. The Labute approximate surface area is 485 Å². The lowest BCUT2D eigenvalue weighted by atomic mass is 9.76. The maximum atomic E-state index is 11.8. The highest BCUT2D eigenvalue weighted by Crippen LogP contribution is 2.42. The first kappa shape index (κ1) is 79.5. The van der Waals surface area contributed by atoms with Crippen molar-refractivity contribution in [1.82, 2.24) is 20.1 Å². The van der Waals surface area contributed by atoms with E-state index >= 15 is 0 Å². The number of unbranched alkanes of at least 4 members (excludes halogenated alkanes) is 1. The third kappa shape index (κ3) is 33.5. The van der Waals surface area contributed by atoms with Crippen molar-refractivity contribution in [2.24, 2.45) is 34.6 Å². The van der Waals surface area contributed by atoms with Crippen molar-refractivity contribution >= 4 is 36.1 Å². The molecule has 8 nitrogen and oxygen atoms in total. The lowest BCUT2D eigenvalue weighted by molar-refractivity contribution is -0.131. The van der Waals surface area contributed by atoms with E-state index in [1.54, 1.807) is 13.1 Å². The van der Waals surface area contributed by atoms with Crippen molar-refractivity contribution < 1.29 is 14.0 Å². The second kappa shape index (κ2) is 48.0. The number of pyridine rings is 1. The number of benzene rings is 2. The molecule has 5 N–H and O–H groups in total. The number of aromatic nitrogens is 1. The minimum Gasteiger partial charge on any atom is -0.372 e. The normalized spacial score (nSPS) is 13.7. The lowest BCUT2D eigenvalue weighted by Gasteiger charge is -2.28. The van der Waals surface area contributed by atoms with Crippen molar-refractivity contribution in [3.8, 4) is 23.5 Å². The molecule has 1 aliphatic heterocycles. The molecule has 0 radical (unpaired) electrons. The summed E-state index contributed by atoms with van der Waals surface area (Å²) in [6.45, 7) is 45.8. The van der Waals surface area contributed by atoms with Gasteiger partial charge in [0.15, 0.2) is 0 Å². The van der Waals surface area contributed by atoms with Gasteiger partial charge in [-0.05, 0) is 152 Å². The molecule has 0 bridgehead atoms. The molecule has 2 amide bonds. The van der Waals surface area contributed by atoms with Gasteiger partial charge in [-0.25, -0.2) is 4.39 Å². The van der Waals surface area contributed by atoms with Crippen molar-refractivity contribution in [1.29, 1.82) is 0 Å². The number of alkyl halides is 1. The van der Waals surface area contributed by atoms with Gasteiger partial charge in [0, 0.05) is 43.8 Å². The van der Waals surface area contributed by atoms with Crippen LogP contribution in [0, 0.1) is 42.4 Å². The van der Waals surface area contributed by atoms with E-state index < -0.39 is 18.6 Å². The summed E-state index contributed by atoms with van der Waals surface area (Å²) in [5.41, 5.74) is 22.2. The van der Waals surface area contributed by atoms with E-state index in [0.717, 1.165) is 56.1 Å². The lowest BCUT2D eigenvalue weighted by Crippen LogP contribution is -2.45. The molecule has 3 aromatic rings. The average Bonchev–Trinajstić information content (AvgIpc) is 3.88. The summed E-state index contributed by atoms with van der Waals surface area (Å²) < 4.78 is 11.8. The molecule has 0 saturated carbocycles. The Morgan fingerprint density at radius 3 is 2.09 bits per heavy atom. The molecule has 4 atom stereocenters. The van der Waals surface area contributed by atoms with Gasteiger partial charge >= 0.3 is 0 Å². The Morgan fingerprint density at radius 2 is 1.63 bits per heavy atom. The number of allylic oxidation sites excluding steroid dienone is 5. The van der Waals surface area contributed by atoms with E-state index in [2.05, 4.69) is 178 Å². The highest BCUT2D eigenvalue weighted by Gasteiger charge is 2.25. The predicted octanol–water partition coefficient (Wildman–Crippen LogP) is 17.0. The maximum absolute atomic E-state index is 11.8. The SMILES string of the molecule is C#CCCC(C)(C)C/C(=C(/C)c1cccnc1C(C)C)c1cc(-c2cccc(CC(C)C=C)c2)ccc1C.C=C(/C=C/CF)N1CC[C@H](C)C1.CC.CC.CC(C)C(C(N)=O)N(C)C=O.CCC.CCCCC(S)NC.CN. The summed E-state index contributed by atoms with van der Waals surface area (Å²) in [5.74, 6) is 4.01. The monoisotopic (exact) mass is 1100 g/mol. The van der Waals surface area contributed by atoms with Crippen molar-refractivity contribution in [2.75, 3.05) is 40.9 Å². The third-order valence-electron chi connectivity index (χ3n) is 12.5. The van der Waals surface area contributed by atoms with E-state index in [1.807, 2.05) is 60.9 Å². The Bertz CT molecular complexity index is 2160. The Morgan fingerprint density at radius 1 is 1.03 bits per heavy atom. The molecule has 78 heavy (non-hydrogen) atoms. The number of carbonyl (C=O) groups excluding carboxylic acids is 2. The number of halogens is 1. The highest BCUT2D eigenvalue weighted by atomic mass is 32.1. The molecule has 442 valence electrons. The minimum absolute atomic E-state index is 0.0581. The molecule has 0 spiro atoms. The number of nitrogens with two attached hydrogens (primary N) is 2. The Kier molecular flexibility index (Phi) is 48.9. The fraction of sp³-hybridized carbons (Fsp3) is 0.574. The van der Waals surface area contributed by atoms with E-state index in [0.29, 0.717) is 23.6 Å². The van der Waals surface area contributed by atoms with E-state index in [-0.39, 0.29) is 11.3 Å². The van der Waals surface area contributed by atoms with Gasteiger partial charge in [0.05, 0.1) is 5.69 Å². The summed E-state index contributed by atoms with van der Waals surface area (Å²) in [6, 6.07) is 19.7. The predicted molar refractivity (Wildman–Crippen MR) is 348 cm³/mol. The Hall–Kier alpha value is -4.95. The molecule has 1 saturated heterocycles. The summed E-state index contributed by atoms with van der Waals surface area (Å²) >= 11 is 4.25. The molecule has 4 rings (SSSR count). The zero-order valence-electron chi connectivity index (χ0n) is 53.2. The van der Waals surface area contributed by atoms with Crippen LogP contribution in [0.4, 0.5) is 4.39 Å². The van der Waals surface area contributed by atoms with Crippen LogP contribution in [0.5, 0.6) is 0 Å². The third-order valence-corrected chi connectivity index (χ3v) is 13.1. The van der Waals surface area contributed by atoms with E-state index in [4.69, 9.17) is 17.1 Å².